The van der Waals surface area contributed by atoms with Crippen molar-refractivity contribution in [1.82, 2.24) is 10.6 Å². The van der Waals surface area contributed by atoms with Crippen LogP contribution in [0, 0.1) is 6.92 Å². The second kappa shape index (κ2) is 18.9. The maximum atomic E-state index is 13.1. The van der Waals surface area contributed by atoms with E-state index in [4.69, 9.17) is 42.7 Å². The van der Waals surface area contributed by atoms with Gasteiger partial charge in [-0.25, -0.2) is 4.79 Å². The third kappa shape index (κ3) is 11.7. The van der Waals surface area contributed by atoms with Gasteiger partial charge in [-0.2, -0.15) is 0 Å². The van der Waals surface area contributed by atoms with Crippen molar-refractivity contribution < 1.29 is 38.7 Å². The maximum absolute atomic E-state index is 13.1. The van der Waals surface area contributed by atoms with Gasteiger partial charge in [0.1, 0.15) is 0 Å². The van der Waals surface area contributed by atoms with E-state index in [0.29, 0.717) is 12.1 Å². The number of carbonyl (C=O) groups excluding carboxylic acids is 4. The Morgan fingerprint density at radius 1 is 0.939 bits per heavy atom. The molecule has 0 fully saturated rings. The molecule has 0 aliphatic carbocycles. The maximum Gasteiger partial charge on any atom is 0.341 e. The van der Waals surface area contributed by atoms with E-state index in [1.807, 2.05) is 30.3 Å². The summed E-state index contributed by atoms with van der Waals surface area (Å²) in [5.41, 5.74) is 1.23. The van der Waals surface area contributed by atoms with Crippen molar-refractivity contribution in [3.05, 3.63) is 118 Å². The molecule has 0 saturated heterocycles. The molecule has 4 aromatic rings. The number of rotatable bonds is 11. The predicted molar refractivity (Wildman–Crippen MR) is 187 cm³/mol. The zero-order valence-corrected chi connectivity index (χ0v) is 28.3. The summed E-state index contributed by atoms with van der Waals surface area (Å²) >= 11 is 11.9. The minimum atomic E-state index is -1.39. The lowest BCUT2D eigenvalue weighted by Crippen LogP contribution is -2.50. The van der Waals surface area contributed by atoms with Gasteiger partial charge in [-0.3, -0.25) is 19.2 Å². The van der Waals surface area contributed by atoms with Crippen molar-refractivity contribution in [3.8, 4) is 0 Å². The molecule has 0 bridgehead atoms. The molecule has 1 aliphatic heterocycles. The minimum absolute atomic E-state index is 0.0440. The largest absolute Gasteiger partial charge is 0.481 e. The first-order valence-corrected chi connectivity index (χ1v) is 15.7. The molecular weight excluding hydrogens is 673 g/mol. The Labute approximate surface area is 293 Å². The molecule has 1 unspecified atom stereocenters. The van der Waals surface area contributed by atoms with Crippen molar-refractivity contribution >= 4 is 69.7 Å². The number of esters is 1. The molecule has 49 heavy (non-hydrogen) atoms. The average Bonchev–Trinajstić information content (AvgIpc) is 3.49. The smallest absolute Gasteiger partial charge is 0.341 e. The van der Waals surface area contributed by atoms with Gasteiger partial charge in [-0.05, 0) is 41.0 Å². The van der Waals surface area contributed by atoms with Crippen molar-refractivity contribution in [2.45, 2.75) is 32.3 Å². The van der Waals surface area contributed by atoms with Crippen molar-refractivity contribution in [3.63, 3.8) is 0 Å². The second-order valence-electron chi connectivity index (χ2n) is 10.8. The van der Waals surface area contributed by atoms with Crippen LogP contribution in [-0.4, -0.2) is 66.2 Å². The number of ether oxygens (including phenoxy) is 1. The number of carbonyl (C=O) groups is 5. The summed E-state index contributed by atoms with van der Waals surface area (Å²) in [4.78, 5) is 62.6. The van der Waals surface area contributed by atoms with E-state index in [1.54, 1.807) is 6.07 Å². The highest BCUT2D eigenvalue weighted by atomic mass is 35.5. The van der Waals surface area contributed by atoms with Crippen LogP contribution in [0.4, 0.5) is 0 Å². The number of hydrogen-bond donors (Lipinski definition) is 3. The minimum Gasteiger partial charge on any atom is -0.481 e. The molecular formula is C36H35Cl2N3O8. The standard InChI is InChI=1S/C23H21Cl2N3O6.C11H10.C2H4O2/c24-18-7-4-8-19(25)20(18)21(31)33-13-17(30)12-27-22(32)23(9-15-5-2-1-3-6-15)10-16(28-34-23)11-26-14-29;1-9-5-4-7-10-6-2-3-8-11(9)10;1-2(3)4/h1-8,14H,9-13H2,(H,26,29)(H,27,32);2-8H,1H3;1H3,(H,3,4). The molecule has 11 nitrogen and oxygen atoms in total. The number of carboxylic acids is 1. The molecule has 0 aromatic heterocycles. The number of amides is 2. The van der Waals surface area contributed by atoms with Crippen LogP contribution in [0.15, 0.2) is 96.2 Å². The Hall–Kier alpha value is -5.26. The average molecular weight is 709 g/mol. The van der Waals surface area contributed by atoms with Crippen LogP contribution in [0.5, 0.6) is 0 Å². The van der Waals surface area contributed by atoms with Gasteiger partial charge in [0, 0.05) is 19.8 Å². The molecule has 3 N–H and O–H groups in total. The van der Waals surface area contributed by atoms with Crippen molar-refractivity contribution in [2.24, 2.45) is 5.16 Å². The Bertz CT molecular complexity index is 1790. The summed E-state index contributed by atoms with van der Waals surface area (Å²) in [6.07, 6.45) is 0.847. The Morgan fingerprint density at radius 2 is 1.55 bits per heavy atom. The number of carboxylic acid groups (broad SMARTS) is 1. The van der Waals surface area contributed by atoms with Crippen LogP contribution in [-0.2, 0) is 35.2 Å². The molecule has 256 valence electrons. The van der Waals surface area contributed by atoms with Crippen LogP contribution in [0.2, 0.25) is 10.0 Å². The molecule has 0 radical (unpaired) electrons. The summed E-state index contributed by atoms with van der Waals surface area (Å²) < 4.78 is 4.99. The molecule has 5 rings (SSSR count). The highest BCUT2D eigenvalue weighted by Gasteiger charge is 2.46. The van der Waals surface area contributed by atoms with Crippen molar-refractivity contribution in [1.29, 1.82) is 0 Å². The van der Waals surface area contributed by atoms with E-state index < -0.39 is 42.4 Å². The third-order valence-electron chi connectivity index (χ3n) is 6.96. The molecule has 0 saturated carbocycles. The normalized spacial score (nSPS) is 14.4. The number of Topliss-reactive ketones (excluding diaryl/α,β-unsaturated/α-hetero) is 1. The number of hydrogen-bond acceptors (Lipinski definition) is 8. The first-order valence-electron chi connectivity index (χ1n) is 15.0. The number of aliphatic carboxylic acids is 1. The van der Waals surface area contributed by atoms with E-state index in [9.17, 15) is 19.2 Å². The SMILES string of the molecule is CC(=O)O.Cc1cccc2ccccc12.O=CNCC1=NOC(Cc2ccccc2)(C(=O)NCC(=O)COC(=O)c2c(Cl)cccc2Cl)C1. The Kier molecular flexibility index (Phi) is 14.7. The molecule has 1 aliphatic rings. The highest BCUT2D eigenvalue weighted by molar-refractivity contribution is 6.39. The van der Waals surface area contributed by atoms with E-state index in [-0.39, 0.29) is 35.0 Å². The number of nitrogens with zero attached hydrogens (tertiary/aromatic N) is 1. The zero-order chi connectivity index (χ0) is 35.8. The zero-order valence-electron chi connectivity index (χ0n) is 26.8. The topological polar surface area (TPSA) is 160 Å². The number of ketones is 1. The molecule has 1 atom stereocenters. The van der Waals surface area contributed by atoms with Gasteiger partial charge in [0.2, 0.25) is 12.0 Å². The monoisotopic (exact) mass is 707 g/mol. The van der Waals surface area contributed by atoms with Gasteiger partial charge >= 0.3 is 5.97 Å². The van der Waals surface area contributed by atoms with Gasteiger partial charge in [-0.15, -0.1) is 0 Å². The Morgan fingerprint density at radius 3 is 2.20 bits per heavy atom. The molecule has 4 aromatic carbocycles. The number of nitrogens with one attached hydrogen (secondary N) is 2. The summed E-state index contributed by atoms with van der Waals surface area (Å²) in [7, 11) is 0. The predicted octanol–water partition coefficient (Wildman–Crippen LogP) is 5.58. The molecule has 13 heteroatoms. The van der Waals surface area contributed by atoms with E-state index in [0.717, 1.165) is 12.5 Å². The number of halogens is 2. The van der Waals surface area contributed by atoms with Crippen LogP contribution < -0.4 is 10.6 Å². The van der Waals surface area contributed by atoms with E-state index in [1.165, 1.54) is 28.5 Å². The van der Waals surface area contributed by atoms with Gasteiger partial charge in [0.05, 0.1) is 34.4 Å². The summed E-state index contributed by atoms with van der Waals surface area (Å²) in [5.74, 6) is -2.80. The van der Waals surface area contributed by atoms with Crippen molar-refractivity contribution in [2.75, 3.05) is 19.7 Å². The first kappa shape index (κ1) is 38.2. The number of benzene rings is 4. The molecule has 1 heterocycles. The number of oxime groups is 1. The summed E-state index contributed by atoms with van der Waals surface area (Å²) in [6.45, 7) is 2.37. The van der Waals surface area contributed by atoms with Crippen LogP contribution in [0.25, 0.3) is 10.8 Å². The van der Waals surface area contributed by atoms with Gasteiger partial charge in [-0.1, -0.05) is 107 Å². The number of fused-ring (bicyclic) bond motifs is 1. The second-order valence-corrected chi connectivity index (χ2v) is 11.6. The van der Waals surface area contributed by atoms with Gasteiger partial charge in [0.15, 0.2) is 12.4 Å². The lowest BCUT2D eigenvalue weighted by Gasteiger charge is -2.25. The van der Waals surface area contributed by atoms with E-state index in [2.05, 4.69) is 65.2 Å². The highest BCUT2D eigenvalue weighted by Crippen LogP contribution is 2.29. The van der Waals surface area contributed by atoms with Gasteiger partial charge in [0.25, 0.3) is 11.9 Å². The fourth-order valence-corrected chi connectivity index (χ4v) is 5.26. The fraction of sp³-hybridized carbons (Fsp3) is 0.222. The summed E-state index contributed by atoms with van der Waals surface area (Å²) in [6, 6.07) is 28.5. The quantitative estimate of drug-likeness (QED) is 0.135. The summed E-state index contributed by atoms with van der Waals surface area (Å²) in [5, 5.41) is 19.2. The fourth-order valence-electron chi connectivity index (χ4n) is 4.71. The van der Waals surface area contributed by atoms with Crippen LogP contribution >= 0.6 is 23.2 Å². The first-order chi connectivity index (χ1) is 23.5. The lowest BCUT2D eigenvalue weighted by atomic mass is 9.88. The molecule has 0 spiro atoms. The van der Waals surface area contributed by atoms with Crippen LogP contribution in [0.1, 0.15) is 34.8 Å². The number of aryl methyl sites for hydroxylation is 1. The van der Waals surface area contributed by atoms with E-state index >= 15 is 0 Å². The molecule has 2 amide bonds. The Balaban J connectivity index is 0.000000355. The van der Waals surface area contributed by atoms with Crippen LogP contribution in [0.3, 0.4) is 0 Å². The van der Waals surface area contributed by atoms with Gasteiger partial charge < -0.3 is 25.3 Å². The third-order valence-corrected chi connectivity index (χ3v) is 7.59. The lowest BCUT2D eigenvalue weighted by molar-refractivity contribution is -0.144.